The molecule has 0 atom stereocenters. The third-order valence-corrected chi connectivity index (χ3v) is 2.96. The van der Waals surface area contributed by atoms with Gasteiger partial charge in [-0.25, -0.2) is 0 Å². The fourth-order valence-corrected chi connectivity index (χ4v) is 2.39. The van der Waals surface area contributed by atoms with Crippen LogP contribution in [-0.2, 0) is 12.8 Å². The van der Waals surface area contributed by atoms with Crippen LogP contribution in [-0.4, -0.2) is 0 Å². The predicted molar refractivity (Wildman–Crippen MR) is 66.1 cm³/mol. The van der Waals surface area contributed by atoms with E-state index in [1.807, 2.05) is 11.3 Å². The van der Waals surface area contributed by atoms with E-state index in [2.05, 4.69) is 39.1 Å². The molecule has 1 aromatic heterocycles. The summed E-state index contributed by atoms with van der Waals surface area (Å²) in [4.78, 5) is 1.64. The number of hydrogen-bond acceptors (Lipinski definition) is 1. The first-order valence-corrected chi connectivity index (χ1v) is 6.40. The molecule has 1 heteroatoms. The second-order valence-corrected chi connectivity index (χ2v) is 6.58. The van der Waals surface area contributed by atoms with Crippen molar-refractivity contribution in [3.8, 4) is 0 Å². The van der Waals surface area contributed by atoms with Gasteiger partial charge in [-0.3, -0.25) is 0 Å². The summed E-state index contributed by atoms with van der Waals surface area (Å²) in [6, 6.07) is 2.28. The maximum Gasteiger partial charge on any atom is 0.00772 e. The molecule has 0 radical (unpaired) electrons. The fourth-order valence-electron chi connectivity index (χ4n) is 1.41. The Morgan fingerprint density at radius 2 is 1.64 bits per heavy atom. The van der Waals surface area contributed by atoms with Gasteiger partial charge in [-0.1, -0.05) is 27.7 Å². The monoisotopic (exact) mass is 210 g/mol. The average Bonchev–Trinajstić information content (AvgIpc) is 2.47. The van der Waals surface area contributed by atoms with Crippen molar-refractivity contribution >= 4 is 11.3 Å². The summed E-state index contributed by atoms with van der Waals surface area (Å²) in [5.41, 5.74) is 2.12. The van der Waals surface area contributed by atoms with Crippen LogP contribution in [0.4, 0.5) is 0 Å². The standard InChI is InChI=1S/C8H10S.C5H12/c1-2-4-8-7(3-1)5-6-9-8;1-5(2,3)4/h5-6H,1-4H2;1-4H3. The molecule has 1 aliphatic rings. The zero-order chi connectivity index (χ0) is 10.6. The van der Waals surface area contributed by atoms with Crippen molar-refractivity contribution in [3.05, 3.63) is 21.9 Å². The fraction of sp³-hybridized carbons (Fsp3) is 0.692. The quantitative estimate of drug-likeness (QED) is 0.583. The minimum atomic E-state index is 0.500. The van der Waals surface area contributed by atoms with Gasteiger partial charge in [0, 0.05) is 4.88 Å². The van der Waals surface area contributed by atoms with Crippen LogP contribution >= 0.6 is 11.3 Å². The van der Waals surface area contributed by atoms with Crippen LogP contribution in [0.1, 0.15) is 51.0 Å². The summed E-state index contributed by atoms with van der Waals surface area (Å²) < 4.78 is 0. The Morgan fingerprint density at radius 1 is 1.07 bits per heavy atom. The molecule has 0 spiro atoms. The van der Waals surface area contributed by atoms with E-state index < -0.39 is 0 Å². The van der Waals surface area contributed by atoms with Crippen LogP contribution in [0.15, 0.2) is 11.4 Å². The third-order valence-electron chi connectivity index (χ3n) is 1.94. The molecule has 80 valence electrons. The first-order valence-electron chi connectivity index (χ1n) is 5.52. The molecule has 0 bridgehead atoms. The van der Waals surface area contributed by atoms with Crippen molar-refractivity contribution in [2.24, 2.45) is 5.41 Å². The van der Waals surface area contributed by atoms with E-state index in [1.54, 1.807) is 10.4 Å². The molecule has 0 unspecified atom stereocenters. The van der Waals surface area contributed by atoms with Crippen molar-refractivity contribution in [2.75, 3.05) is 0 Å². The van der Waals surface area contributed by atoms with E-state index in [4.69, 9.17) is 0 Å². The lowest BCUT2D eigenvalue weighted by Crippen LogP contribution is -1.96. The molecule has 0 amide bonds. The molecule has 1 aliphatic carbocycles. The van der Waals surface area contributed by atoms with Crippen molar-refractivity contribution < 1.29 is 0 Å². The van der Waals surface area contributed by atoms with Gasteiger partial charge < -0.3 is 0 Å². The Balaban J connectivity index is 0.000000171. The number of aryl methyl sites for hydroxylation is 2. The molecule has 1 aromatic rings. The van der Waals surface area contributed by atoms with Crippen LogP contribution < -0.4 is 0 Å². The highest BCUT2D eigenvalue weighted by atomic mass is 32.1. The van der Waals surface area contributed by atoms with Gasteiger partial charge in [0.1, 0.15) is 0 Å². The van der Waals surface area contributed by atoms with Gasteiger partial charge in [-0.2, -0.15) is 0 Å². The smallest absolute Gasteiger partial charge is 0.00772 e. The maximum atomic E-state index is 2.28. The molecule has 1 heterocycles. The first kappa shape index (κ1) is 11.8. The lowest BCUT2D eigenvalue weighted by Gasteiger charge is -2.08. The summed E-state index contributed by atoms with van der Waals surface area (Å²) in [6.45, 7) is 8.75. The SMILES string of the molecule is CC(C)(C)C.c1cc2c(s1)CCCC2. The highest BCUT2D eigenvalue weighted by molar-refractivity contribution is 7.10. The van der Waals surface area contributed by atoms with Gasteiger partial charge in [-0.15, -0.1) is 11.3 Å². The van der Waals surface area contributed by atoms with E-state index in [-0.39, 0.29) is 0 Å². The molecule has 0 saturated heterocycles. The number of rotatable bonds is 0. The molecule has 2 rings (SSSR count). The first-order chi connectivity index (χ1) is 6.47. The lowest BCUT2D eigenvalue weighted by atomic mass is 10.00. The maximum absolute atomic E-state index is 2.28. The Bertz CT molecular complexity index is 239. The molecule has 0 aromatic carbocycles. The van der Waals surface area contributed by atoms with Gasteiger partial charge in [0.15, 0.2) is 0 Å². The Hall–Kier alpha value is -0.300. The molecule has 0 fully saturated rings. The Morgan fingerprint density at radius 3 is 2.21 bits per heavy atom. The molecule has 0 N–H and O–H groups in total. The number of thiophene rings is 1. The van der Waals surface area contributed by atoms with Crippen LogP contribution in [0.3, 0.4) is 0 Å². The zero-order valence-corrected chi connectivity index (χ0v) is 10.7. The van der Waals surface area contributed by atoms with Crippen LogP contribution in [0.25, 0.3) is 0 Å². The molecule has 0 aliphatic heterocycles. The van der Waals surface area contributed by atoms with E-state index in [0.717, 1.165) is 0 Å². The lowest BCUT2D eigenvalue weighted by molar-refractivity contribution is 0.469. The summed E-state index contributed by atoms with van der Waals surface area (Å²) >= 11 is 1.93. The van der Waals surface area contributed by atoms with Crippen molar-refractivity contribution in [1.29, 1.82) is 0 Å². The molecular weight excluding hydrogens is 188 g/mol. The Labute approximate surface area is 92.4 Å². The van der Waals surface area contributed by atoms with Crippen LogP contribution in [0.2, 0.25) is 0 Å². The van der Waals surface area contributed by atoms with E-state index in [0.29, 0.717) is 5.41 Å². The van der Waals surface area contributed by atoms with Gasteiger partial charge in [0.05, 0.1) is 0 Å². The van der Waals surface area contributed by atoms with Gasteiger partial charge in [0.2, 0.25) is 0 Å². The summed E-state index contributed by atoms with van der Waals surface area (Å²) in [5, 5.41) is 2.22. The number of fused-ring (bicyclic) bond motifs is 1. The summed E-state index contributed by atoms with van der Waals surface area (Å²) in [6.07, 6.45) is 5.49. The molecule has 0 saturated carbocycles. The largest absolute Gasteiger partial charge is 0.149 e. The van der Waals surface area contributed by atoms with E-state index >= 15 is 0 Å². The third kappa shape index (κ3) is 4.80. The van der Waals surface area contributed by atoms with Crippen molar-refractivity contribution in [2.45, 2.75) is 53.4 Å². The van der Waals surface area contributed by atoms with Crippen LogP contribution in [0.5, 0.6) is 0 Å². The van der Waals surface area contributed by atoms with Crippen LogP contribution in [0, 0.1) is 5.41 Å². The zero-order valence-electron chi connectivity index (χ0n) is 9.89. The highest BCUT2D eigenvalue weighted by Gasteiger charge is 2.08. The average molecular weight is 210 g/mol. The van der Waals surface area contributed by atoms with E-state index in [1.165, 1.54) is 25.7 Å². The molecule has 14 heavy (non-hydrogen) atoms. The minimum absolute atomic E-state index is 0.500. The van der Waals surface area contributed by atoms with E-state index in [9.17, 15) is 0 Å². The number of hydrogen-bond donors (Lipinski definition) is 0. The van der Waals surface area contributed by atoms with Gasteiger partial charge in [-0.05, 0) is 48.1 Å². The predicted octanol–water partition coefficient (Wildman–Crippen LogP) is 4.68. The Kier molecular flexibility index (Phi) is 4.18. The van der Waals surface area contributed by atoms with Crippen molar-refractivity contribution in [1.82, 2.24) is 0 Å². The normalized spacial score (nSPS) is 15.4. The molecular formula is C13H22S. The summed E-state index contributed by atoms with van der Waals surface area (Å²) in [7, 11) is 0. The second-order valence-electron chi connectivity index (χ2n) is 5.58. The van der Waals surface area contributed by atoms with Crippen molar-refractivity contribution in [3.63, 3.8) is 0 Å². The minimum Gasteiger partial charge on any atom is -0.149 e. The van der Waals surface area contributed by atoms with Gasteiger partial charge >= 0.3 is 0 Å². The van der Waals surface area contributed by atoms with Gasteiger partial charge in [0.25, 0.3) is 0 Å². The summed E-state index contributed by atoms with van der Waals surface area (Å²) in [5.74, 6) is 0. The highest BCUT2D eigenvalue weighted by Crippen LogP contribution is 2.25. The molecule has 0 nitrogen and oxygen atoms in total. The second kappa shape index (κ2) is 4.97. The topological polar surface area (TPSA) is 0 Å².